The molecule has 1 aromatic heterocycles. The summed E-state index contributed by atoms with van der Waals surface area (Å²) in [4.78, 5) is 17.3. The van der Waals surface area contributed by atoms with Crippen molar-refractivity contribution >= 4 is 34.2 Å². The van der Waals surface area contributed by atoms with Crippen molar-refractivity contribution in [2.45, 2.75) is 26.9 Å². The van der Waals surface area contributed by atoms with E-state index in [4.69, 9.17) is 9.47 Å². The summed E-state index contributed by atoms with van der Waals surface area (Å²) in [5.41, 5.74) is 2.66. The summed E-state index contributed by atoms with van der Waals surface area (Å²) < 4.78 is 12.5. The third-order valence-electron chi connectivity index (χ3n) is 4.34. The van der Waals surface area contributed by atoms with Crippen LogP contribution >= 0.6 is 22.6 Å². The number of aryl methyl sites for hydroxylation is 1. The summed E-state index contributed by atoms with van der Waals surface area (Å²) in [5, 5.41) is 2.92. The Morgan fingerprint density at radius 2 is 1.93 bits per heavy atom. The van der Waals surface area contributed by atoms with Gasteiger partial charge in [-0.25, -0.2) is 0 Å². The highest BCUT2D eigenvalue weighted by Gasteiger charge is 2.14. The van der Waals surface area contributed by atoms with Gasteiger partial charge >= 0.3 is 0 Å². The molecule has 0 fully saturated rings. The molecule has 1 amide bonds. The molecule has 3 rings (SSSR count). The monoisotopic (exact) mass is 502 g/mol. The van der Waals surface area contributed by atoms with E-state index in [1.807, 2.05) is 69.3 Å². The van der Waals surface area contributed by atoms with Gasteiger partial charge in [0.2, 0.25) is 0 Å². The first-order valence-electron chi connectivity index (χ1n) is 9.41. The van der Waals surface area contributed by atoms with Crippen LogP contribution < -0.4 is 10.1 Å². The lowest BCUT2D eigenvalue weighted by molar-refractivity contribution is 0.0732. The Morgan fingerprint density at radius 1 is 1.14 bits per heavy atom. The number of amides is 1. The molecule has 0 saturated heterocycles. The van der Waals surface area contributed by atoms with E-state index in [1.165, 1.54) is 0 Å². The highest BCUT2D eigenvalue weighted by Crippen LogP contribution is 2.28. The number of ether oxygens (including phenoxy) is 2. The predicted octanol–water partition coefficient (Wildman–Crippen LogP) is 6.14. The van der Waals surface area contributed by atoms with Gasteiger partial charge in [0.15, 0.2) is 0 Å². The number of aromatic nitrogens is 1. The van der Waals surface area contributed by atoms with Gasteiger partial charge < -0.3 is 14.8 Å². The number of carbonyl (C=O) groups excluding carboxylic acids is 1. The van der Waals surface area contributed by atoms with E-state index in [2.05, 4.69) is 32.9 Å². The van der Waals surface area contributed by atoms with Crippen LogP contribution in [0.1, 0.15) is 41.7 Å². The van der Waals surface area contributed by atoms with Crippen molar-refractivity contribution < 1.29 is 14.3 Å². The second-order valence-electron chi connectivity index (χ2n) is 6.48. The third kappa shape index (κ3) is 5.55. The second kappa shape index (κ2) is 9.84. The molecule has 29 heavy (non-hydrogen) atoms. The number of benzene rings is 2. The molecule has 6 heteroatoms. The van der Waals surface area contributed by atoms with Crippen LogP contribution in [-0.4, -0.2) is 17.5 Å². The van der Waals surface area contributed by atoms with Crippen LogP contribution in [0.4, 0.5) is 5.69 Å². The molecule has 1 atom stereocenters. The van der Waals surface area contributed by atoms with Gasteiger partial charge in [0.25, 0.3) is 5.91 Å². The van der Waals surface area contributed by atoms with Crippen molar-refractivity contribution in [3.8, 4) is 11.5 Å². The van der Waals surface area contributed by atoms with Crippen LogP contribution in [0.3, 0.4) is 0 Å². The Bertz CT molecular complexity index is 1010. The topological polar surface area (TPSA) is 60.5 Å². The maximum absolute atomic E-state index is 12.7. The maximum atomic E-state index is 12.7. The molecule has 0 spiro atoms. The Balaban J connectivity index is 1.73. The highest BCUT2D eigenvalue weighted by molar-refractivity contribution is 14.1. The molecule has 5 nitrogen and oxygen atoms in total. The van der Waals surface area contributed by atoms with Gasteiger partial charge in [-0.3, -0.25) is 9.78 Å². The zero-order valence-corrected chi connectivity index (χ0v) is 18.8. The molecule has 150 valence electrons. The maximum Gasteiger partial charge on any atom is 0.257 e. The minimum absolute atomic E-state index is 0.106. The van der Waals surface area contributed by atoms with Crippen molar-refractivity contribution in [1.29, 1.82) is 0 Å². The van der Waals surface area contributed by atoms with E-state index in [-0.39, 0.29) is 12.0 Å². The molecule has 1 N–H and O–H groups in total. The summed E-state index contributed by atoms with van der Waals surface area (Å²) >= 11 is 2.23. The lowest BCUT2D eigenvalue weighted by atomic mass is 10.1. The standard InChI is InChI=1S/C23H23IN2O3/c1-4-28-16(3)21-13-12-19(15(2)25-21)23(27)26-17-8-7-9-18(14-17)29-22-11-6-5-10-20(22)24/h5-14,16H,4H2,1-3H3,(H,26,27). The molecule has 0 bridgehead atoms. The third-order valence-corrected chi connectivity index (χ3v) is 5.23. The Morgan fingerprint density at radius 3 is 2.66 bits per heavy atom. The van der Waals surface area contributed by atoms with E-state index < -0.39 is 0 Å². The average molecular weight is 502 g/mol. The van der Waals surface area contributed by atoms with Crippen LogP contribution in [0.2, 0.25) is 0 Å². The summed E-state index contributed by atoms with van der Waals surface area (Å²) in [7, 11) is 0. The minimum Gasteiger partial charge on any atom is -0.456 e. The van der Waals surface area contributed by atoms with Crippen molar-refractivity contribution in [2.24, 2.45) is 0 Å². The zero-order valence-electron chi connectivity index (χ0n) is 16.6. The molecule has 3 aromatic rings. The molecule has 0 radical (unpaired) electrons. The lowest BCUT2D eigenvalue weighted by Crippen LogP contribution is -2.15. The smallest absolute Gasteiger partial charge is 0.257 e. The minimum atomic E-state index is -0.211. The molecule has 0 aliphatic rings. The van der Waals surface area contributed by atoms with Crippen molar-refractivity contribution in [2.75, 3.05) is 11.9 Å². The number of para-hydroxylation sites is 1. The first kappa shape index (κ1) is 21.3. The summed E-state index contributed by atoms with van der Waals surface area (Å²) in [6, 6.07) is 18.7. The van der Waals surface area contributed by atoms with Gasteiger partial charge in [0.05, 0.1) is 26.6 Å². The zero-order chi connectivity index (χ0) is 20.8. The van der Waals surface area contributed by atoms with E-state index in [0.717, 1.165) is 15.0 Å². The van der Waals surface area contributed by atoms with Crippen LogP contribution in [0.15, 0.2) is 60.7 Å². The van der Waals surface area contributed by atoms with Crippen molar-refractivity contribution in [3.63, 3.8) is 0 Å². The molecule has 2 aromatic carbocycles. The number of rotatable bonds is 7. The van der Waals surface area contributed by atoms with Crippen LogP contribution in [0.5, 0.6) is 11.5 Å². The van der Waals surface area contributed by atoms with Crippen LogP contribution in [-0.2, 0) is 4.74 Å². The van der Waals surface area contributed by atoms with Crippen molar-refractivity contribution in [3.05, 3.63) is 81.2 Å². The van der Waals surface area contributed by atoms with Gasteiger partial charge in [-0.1, -0.05) is 18.2 Å². The van der Waals surface area contributed by atoms with Gasteiger partial charge in [-0.15, -0.1) is 0 Å². The fraction of sp³-hybridized carbons (Fsp3) is 0.217. The largest absolute Gasteiger partial charge is 0.456 e. The van der Waals surface area contributed by atoms with Gasteiger partial charge in [-0.05, 0) is 79.8 Å². The Hall–Kier alpha value is -2.45. The number of anilines is 1. The molecular formula is C23H23IN2O3. The second-order valence-corrected chi connectivity index (χ2v) is 7.64. The lowest BCUT2D eigenvalue weighted by Gasteiger charge is -2.14. The first-order valence-corrected chi connectivity index (χ1v) is 10.5. The Kier molecular flexibility index (Phi) is 7.22. The molecule has 1 heterocycles. The first-order chi connectivity index (χ1) is 14.0. The Labute approximate surface area is 184 Å². The molecular weight excluding hydrogens is 479 g/mol. The summed E-state index contributed by atoms with van der Waals surface area (Å²) in [5.74, 6) is 1.22. The molecule has 0 saturated carbocycles. The van der Waals surface area contributed by atoms with E-state index in [9.17, 15) is 4.79 Å². The van der Waals surface area contributed by atoms with E-state index in [0.29, 0.717) is 29.3 Å². The number of carbonyl (C=O) groups is 1. The van der Waals surface area contributed by atoms with Gasteiger partial charge in [-0.2, -0.15) is 0 Å². The van der Waals surface area contributed by atoms with Crippen molar-refractivity contribution in [1.82, 2.24) is 4.98 Å². The van der Waals surface area contributed by atoms with E-state index in [1.54, 1.807) is 12.1 Å². The van der Waals surface area contributed by atoms with Crippen LogP contribution in [0.25, 0.3) is 0 Å². The molecule has 0 aliphatic carbocycles. The number of halogens is 1. The predicted molar refractivity (Wildman–Crippen MR) is 123 cm³/mol. The molecule has 1 unspecified atom stereocenters. The summed E-state index contributed by atoms with van der Waals surface area (Å²) in [6.07, 6.45) is -0.106. The van der Waals surface area contributed by atoms with Crippen LogP contribution in [0, 0.1) is 10.5 Å². The fourth-order valence-corrected chi connectivity index (χ4v) is 3.37. The number of hydrogen-bond donors (Lipinski definition) is 1. The average Bonchev–Trinajstić information content (AvgIpc) is 2.70. The quantitative estimate of drug-likeness (QED) is 0.395. The fourth-order valence-electron chi connectivity index (χ4n) is 2.87. The van der Waals surface area contributed by atoms with E-state index >= 15 is 0 Å². The van der Waals surface area contributed by atoms with Gasteiger partial charge in [0, 0.05) is 18.4 Å². The number of pyridine rings is 1. The SMILES string of the molecule is CCOC(C)c1ccc(C(=O)Nc2cccc(Oc3ccccc3I)c2)c(C)n1. The summed E-state index contributed by atoms with van der Waals surface area (Å²) in [6.45, 7) is 6.34. The molecule has 0 aliphatic heterocycles. The number of hydrogen-bond acceptors (Lipinski definition) is 4. The van der Waals surface area contributed by atoms with Gasteiger partial charge in [0.1, 0.15) is 11.5 Å². The normalized spacial score (nSPS) is 11.7. The highest BCUT2D eigenvalue weighted by atomic mass is 127. The number of nitrogens with zero attached hydrogens (tertiary/aromatic N) is 1. The number of nitrogens with one attached hydrogen (secondary N) is 1.